The summed E-state index contributed by atoms with van der Waals surface area (Å²) in [6, 6.07) is 11.8. The van der Waals surface area contributed by atoms with Crippen molar-refractivity contribution in [2.45, 2.75) is 6.54 Å². The minimum atomic E-state index is -0.544. The molecule has 6 rings (SSSR count). The predicted octanol–water partition coefficient (Wildman–Crippen LogP) is 3.22. The summed E-state index contributed by atoms with van der Waals surface area (Å²) < 4.78 is 20.2. The number of benzene rings is 1. The van der Waals surface area contributed by atoms with Crippen LogP contribution in [-0.4, -0.2) is 42.2 Å². The summed E-state index contributed by atoms with van der Waals surface area (Å²) in [7, 11) is 0. The lowest BCUT2D eigenvalue weighted by Crippen LogP contribution is -2.22. The Labute approximate surface area is 195 Å². The molecule has 9 heteroatoms. The minimum absolute atomic E-state index is 0.113. The van der Waals surface area contributed by atoms with E-state index in [0.29, 0.717) is 34.6 Å². The number of halogens is 1. The number of aromatic nitrogens is 2. The number of pyridine rings is 2. The van der Waals surface area contributed by atoms with E-state index in [1.165, 1.54) is 12.1 Å². The SMILES string of the molecule is N#Cc1cccc(F)c1-c1cc(Nc2ccc(N3CC4COCC4C3)cn2)c2c(n1)CNC2=O. The third kappa shape index (κ3) is 3.43. The van der Waals surface area contributed by atoms with Crippen LogP contribution in [0.25, 0.3) is 11.3 Å². The number of nitrogens with one attached hydrogen (secondary N) is 2. The molecule has 3 aromatic rings. The number of rotatable bonds is 4. The van der Waals surface area contributed by atoms with Gasteiger partial charge in [0, 0.05) is 24.9 Å². The van der Waals surface area contributed by atoms with E-state index in [-0.39, 0.29) is 29.3 Å². The van der Waals surface area contributed by atoms with Gasteiger partial charge in [-0.15, -0.1) is 0 Å². The maximum Gasteiger partial charge on any atom is 0.255 e. The van der Waals surface area contributed by atoms with Crippen LogP contribution in [0.4, 0.5) is 21.6 Å². The van der Waals surface area contributed by atoms with Crippen molar-refractivity contribution in [2.75, 3.05) is 36.5 Å². The van der Waals surface area contributed by atoms with Gasteiger partial charge < -0.3 is 20.3 Å². The van der Waals surface area contributed by atoms with Crippen molar-refractivity contribution < 1.29 is 13.9 Å². The van der Waals surface area contributed by atoms with E-state index >= 15 is 0 Å². The van der Waals surface area contributed by atoms with Gasteiger partial charge in [-0.25, -0.2) is 14.4 Å². The van der Waals surface area contributed by atoms with E-state index in [4.69, 9.17) is 4.74 Å². The smallest absolute Gasteiger partial charge is 0.255 e. The molecule has 0 spiro atoms. The van der Waals surface area contributed by atoms with E-state index in [1.54, 1.807) is 12.1 Å². The number of hydrogen-bond acceptors (Lipinski definition) is 7. The first-order valence-electron chi connectivity index (χ1n) is 11.2. The highest BCUT2D eigenvalue weighted by Crippen LogP contribution is 2.35. The third-order valence-corrected chi connectivity index (χ3v) is 6.74. The van der Waals surface area contributed by atoms with Gasteiger partial charge in [0.1, 0.15) is 11.6 Å². The summed E-state index contributed by atoms with van der Waals surface area (Å²) in [5.41, 5.74) is 2.99. The van der Waals surface area contributed by atoms with Gasteiger partial charge in [0.05, 0.1) is 71.5 Å². The normalized spacial score (nSPS) is 20.6. The number of ether oxygens (including phenoxy) is 1. The maximum atomic E-state index is 14.7. The summed E-state index contributed by atoms with van der Waals surface area (Å²) in [5.74, 6) is 0.905. The Hall–Kier alpha value is -4.03. The zero-order valence-corrected chi connectivity index (χ0v) is 18.2. The minimum Gasteiger partial charge on any atom is -0.381 e. The Kier molecular flexibility index (Phi) is 4.89. The molecule has 170 valence electrons. The lowest BCUT2D eigenvalue weighted by Gasteiger charge is -2.19. The van der Waals surface area contributed by atoms with Crippen molar-refractivity contribution >= 4 is 23.1 Å². The van der Waals surface area contributed by atoms with E-state index < -0.39 is 5.82 Å². The monoisotopic (exact) mass is 456 g/mol. The fraction of sp³-hybridized carbons (Fsp3) is 0.280. The molecule has 3 aliphatic rings. The molecule has 2 fully saturated rings. The number of hydrogen-bond donors (Lipinski definition) is 2. The standard InChI is InChI=1S/C25H21FN6O2/c26-18-3-1-2-14(7-27)23(18)19-6-20(24-21(30-19)9-29-25(24)33)31-22-5-4-17(8-28-22)32-10-15-12-34-13-16(15)11-32/h1-6,8,15-16H,9-13H2,(H,29,33)(H,28,30,31). The second-order valence-electron chi connectivity index (χ2n) is 8.82. The first kappa shape index (κ1) is 20.6. The van der Waals surface area contributed by atoms with E-state index in [2.05, 4.69) is 25.5 Å². The quantitative estimate of drug-likeness (QED) is 0.621. The molecule has 0 aliphatic carbocycles. The van der Waals surface area contributed by atoms with Gasteiger partial charge >= 0.3 is 0 Å². The molecule has 5 heterocycles. The Balaban J connectivity index is 1.32. The van der Waals surface area contributed by atoms with Crippen LogP contribution in [0.3, 0.4) is 0 Å². The lowest BCUT2D eigenvalue weighted by molar-refractivity contribution is 0.0966. The van der Waals surface area contributed by atoms with Crippen LogP contribution in [-0.2, 0) is 11.3 Å². The lowest BCUT2D eigenvalue weighted by atomic mass is 10.0. The van der Waals surface area contributed by atoms with Gasteiger partial charge in [-0.2, -0.15) is 5.26 Å². The van der Waals surface area contributed by atoms with Crippen LogP contribution in [0.5, 0.6) is 0 Å². The van der Waals surface area contributed by atoms with Gasteiger partial charge in [0.25, 0.3) is 5.91 Å². The van der Waals surface area contributed by atoms with Crippen LogP contribution in [0.15, 0.2) is 42.6 Å². The first-order valence-corrected chi connectivity index (χ1v) is 11.2. The Morgan fingerprint density at radius 2 is 2.00 bits per heavy atom. The number of nitrogens with zero attached hydrogens (tertiary/aromatic N) is 4. The topological polar surface area (TPSA) is 103 Å². The van der Waals surface area contributed by atoms with Crippen LogP contribution < -0.4 is 15.5 Å². The second-order valence-corrected chi connectivity index (χ2v) is 8.82. The fourth-order valence-corrected chi connectivity index (χ4v) is 5.02. The summed E-state index contributed by atoms with van der Waals surface area (Å²) in [4.78, 5) is 23.9. The average Bonchev–Trinajstić information content (AvgIpc) is 3.55. The van der Waals surface area contributed by atoms with Gasteiger partial charge in [0.2, 0.25) is 0 Å². The Morgan fingerprint density at radius 3 is 2.74 bits per heavy atom. The molecule has 0 radical (unpaired) electrons. The van der Waals surface area contributed by atoms with Crippen molar-refractivity contribution in [3.8, 4) is 17.3 Å². The molecule has 3 aliphatic heterocycles. The highest BCUT2D eigenvalue weighted by atomic mass is 19.1. The van der Waals surface area contributed by atoms with E-state index in [9.17, 15) is 14.4 Å². The Bertz CT molecular complexity index is 1320. The maximum absolute atomic E-state index is 14.7. The van der Waals surface area contributed by atoms with Gasteiger partial charge in [0.15, 0.2) is 0 Å². The van der Waals surface area contributed by atoms with Gasteiger partial charge in [-0.05, 0) is 30.3 Å². The number of amides is 1. The summed E-state index contributed by atoms with van der Waals surface area (Å²) in [6.07, 6.45) is 1.82. The molecule has 2 N–H and O–H groups in total. The molecule has 1 amide bonds. The third-order valence-electron chi connectivity index (χ3n) is 6.74. The van der Waals surface area contributed by atoms with E-state index in [0.717, 1.165) is 32.0 Å². The fourth-order valence-electron chi connectivity index (χ4n) is 5.02. The predicted molar refractivity (Wildman–Crippen MR) is 123 cm³/mol. The Morgan fingerprint density at radius 1 is 1.18 bits per heavy atom. The number of carbonyl (C=O) groups excluding carboxylic acids is 1. The molecule has 0 bridgehead atoms. The summed E-state index contributed by atoms with van der Waals surface area (Å²) >= 11 is 0. The highest BCUT2D eigenvalue weighted by Gasteiger charge is 2.37. The van der Waals surface area contributed by atoms with Crippen LogP contribution >= 0.6 is 0 Å². The first-order chi connectivity index (χ1) is 16.6. The zero-order chi connectivity index (χ0) is 23.2. The number of carbonyl (C=O) groups is 1. The van der Waals surface area contributed by atoms with Gasteiger partial charge in [-0.3, -0.25) is 4.79 Å². The zero-order valence-electron chi connectivity index (χ0n) is 18.2. The van der Waals surface area contributed by atoms with Crippen molar-refractivity contribution in [2.24, 2.45) is 11.8 Å². The number of anilines is 3. The largest absolute Gasteiger partial charge is 0.381 e. The van der Waals surface area contributed by atoms with Crippen LogP contribution in [0.1, 0.15) is 21.6 Å². The van der Waals surface area contributed by atoms with Crippen molar-refractivity contribution in [1.82, 2.24) is 15.3 Å². The van der Waals surface area contributed by atoms with Crippen molar-refractivity contribution in [3.63, 3.8) is 0 Å². The van der Waals surface area contributed by atoms with Crippen molar-refractivity contribution in [1.29, 1.82) is 5.26 Å². The molecule has 2 atom stereocenters. The van der Waals surface area contributed by atoms with Gasteiger partial charge in [-0.1, -0.05) is 6.07 Å². The van der Waals surface area contributed by atoms with Crippen LogP contribution in [0.2, 0.25) is 0 Å². The molecule has 2 unspecified atom stereocenters. The molecule has 2 saturated heterocycles. The molecule has 1 aromatic carbocycles. The molecule has 34 heavy (non-hydrogen) atoms. The van der Waals surface area contributed by atoms with E-state index in [1.807, 2.05) is 24.4 Å². The highest BCUT2D eigenvalue weighted by molar-refractivity contribution is 6.04. The number of nitriles is 1. The molecular formula is C25H21FN6O2. The summed E-state index contributed by atoms with van der Waals surface area (Å²) in [5, 5.41) is 15.4. The van der Waals surface area contributed by atoms with Crippen molar-refractivity contribution in [3.05, 3.63) is 65.2 Å². The molecule has 0 saturated carbocycles. The molecular weight excluding hydrogens is 435 g/mol. The second kappa shape index (κ2) is 8.08. The molecule has 2 aromatic heterocycles. The average molecular weight is 456 g/mol. The number of fused-ring (bicyclic) bond motifs is 2. The summed E-state index contributed by atoms with van der Waals surface area (Å²) in [6.45, 7) is 3.80. The molecule has 8 nitrogen and oxygen atoms in total. The van der Waals surface area contributed by atoms with Crippen LogP contribution in [0, 0.1) is 29.0 Å².